The number of aromatic carboxylic acids is 1. The van der Waals surface area contributed by atoms with Crippen LogP contribution in [0.4, 0.5) is 0 Å². The van der Waals surface area contributed by atoms with Crippen molar-refractivity contribution in [3.8, 4) is 23.0 Å². The topological polar surface area (TPSA) is 136 Å². The van der Waals surface area contributed by atoms with Crippen LogP contribution in [0.2, 0.25) is 0 Å². The molecule has 0 spiro atoms. The standard InChI is InChI=1S/C31H30O9/c1-29(2,3)27(35)38-19-8-11-22-24(14-19)40-25-15-20(39-28(36)30(4,5)6)9-12-23(25)31(22,37)21-10-7-17(26(33)34)13-18(21)16-32/h7-16,37H,1-6H3,(H,33,34). The molecule has 40 heavy (non-hydrogen) atoms. The molecule has 0 fully saturated rings. The predicted molar refractivity (Wildman–Crippen MR) is 144 cm³/mol. The summed E-state index contributed by atoms with van der Waals surface area (Å²) in [6.07, 6.45) is 0.466. The normalized spacial score (nSPS) is 13.8. The molecule has 0 saturated carbocycles. The third-order valence-electron chi connectivity index (χ3n) is 6.37. The largest absolute Gasteiger partial charge is 0.478 e. The lowest BCUT2D eigenvalue weighted by molar-refractivity contribution is -0.143. The first kappa shape index (κ1) is 28.5. The summed E-state index contributed by atoms with van der Waals surface area (Å²) in [7, 11) is 0. The Morgan fingerprint density at radius 3 is 1.60 bits per heavy atom. The van der Waals surface area contributed by atoms with Crippen LogP contribution < -0.4 is 14.2 Å². The fourth-order valence-corrected chi connectivity index (χ4v) is 4.10. The number of hydrogen-bond acceptors (Lipinski definition) is 8. The number of rotatable bonds is 5. The van der Waals surface area contributed by atoms with Gasteiger partial charge in [-0.2, -0.15) is 0 Å². The van der Waals surface area contributed by atoms with E-state index in [0.717, 1.165) is 0 Å². The van der Waals surface area contributed by atoms with Crippen molar-refractivity contribution in [2.45, 2.75) is 47.1 Å². The van der Waals surface area contributed by atoms with Crippen LogP contribution >= 0.6 is 0 Å². The molecule has 0 unspecified atom stereocenters. The van der Waals surface area contributed by atoms with E-state index in [1.807, 2.05) is 0 Å². The Kier molecular flexibility index (Phi) is 7.06. The molecule has 0 atom stereocenters. The number of aldehydes is 1. The van der Waals surface area contributed by atoms with Gasteiger partial charge in [-0.15, -0.1) is 0 Å². The molecule has 3 aromatic carbocycles. The van der Waals surface area contributed by atoms with Gasteiger partial charge in [0.1, 0.15) is 34.9 Å². The van der Waals surface area contributed by atoms with Gasteiger partial charge >= 0.3 is 17.9 Å². The predicted octanol–water partition coefficient (Wildman–Crippen LogP) is 5.49. The maximum Gasteiger partial charge on any atom is 0.335 e. The van der Waals surface area contributed by atoms with Crippen molar-refractivity contribution < 1.29 is 43.6 Å². The molecule has 0 bridgehead atoms. The van der Waals surface area contributed by atoms with Gasteiger partial charge in [0.15, 0.2) is 0 Å². The molecule has 4 rings (SSSR count). The van der Waals surface area contributed by atoms with Gasteiger partial charge in [-0.05, 0) is 77.9 Å². The molecule has 2 N–H and O–H groups in total. The number of hydrogen-bond donors (Lipinski definition) is 2. The average molecular weight is 547 g/mol. The third-order valence-corrected chi connectivity index (χ3v) is 6.37. The van der Waals surface area contributed by atoms with Crippen LogP contribution in [0.5, 0.6) is 23.0 Å². The van der Waals surface area contributed by atoms with Gasteiger partial charge in [0, 0.05) is 34.4 Å². The van der Waals surface area contributed by atoms with Crippen molar-refractivity contribution in [1.82, 2.24) is 0 Å². The Hall–Kier alpha value is -4.50. The Morgan fingerprint density at radius 1 is 0.750 bits per heavy atom. The van der Waals surface area contributed by atoms with Gasteiger partial charge in [0.2, 0.25) is 0 Å². The second kappa shape index (κ2) is 9.91. The molecule has 0 aliphatic carbocycles. The lowest BCUT2D eigenvalue weighted by Crippen LogP contribution is -2.34. The number of carboxylic acid groups (broad SMARTS) is 1. The first-order chi connectivity index (χ1) is 18.5. The summed E-state index contributed by atoms with van der Waals surface area (Å²) in [5.41, 5.74) is -3.17. The highest BCUT2D eigenvalue weighted by molar-refractivity contribution is 5.91. The number of ether oxygens (including phenoxy) is 3. The Morgan fingerprint density at radius 2 is 1.20 bits per heavy atom. The molecule has 0 radical (unpaired) electrons. The highest BCUT2D eigenvalue weighted by Crippen LogP contribution is 2.52. The summed E-state index contributed by atoms with van der Waals surface area (Å²) in [5.74, 6) is -1.63. The maximum absolute atomic E-state index is 12.5. The number of carbonyl (C=O) groups excluding carboxylic acids is 3. The van der Waals surface area contributed by atoms with Crippen molar-refractivity contribution in [1.29, 1.82) is 0 Å². The lowest BCUT2D eigenvalue weighted by atomic mass is 9.76. The van der Waals surface area contributed by atoms with Crippen molar-refractivity contribution in [2.24, 2.45) is 10.8 Å². The van der Waals surface area contributed by atoms with Gasteiger partial charge < -0.3 is 24.4 Å². The number of carbonyl (C=O) groups is 4. The van der Waals surface area contributed by atoms with Crippen LogP contribution in [-0.2, 0) is 15.2 Å². The molecule has 0 aromatic heterocycles. The smallest absolute Gasteiger partial charge is 0.335 e. The second-order valence-electron chi connectivity index (χ2n) is 11.6. The first-order valence-corrected chi connectivity index (χ1v) is 12.5. The van der Waals surface area contributed by atoms with E-state index in [0.29, 0.717) is 6.29 Å². The Bertz CT molecular complexity index is 1460. The first-order valence-electron chi connectivity index (χ1n) is 12.5. The summed E-state index contributed by atoms with van der Waals surface area (Å²) in [4.78, 5) is 48.6. The lowest BCUT2D eigenvalue weighted by Gasteiger charge is -2.37. The molecule has 1 heterocycles. The summed E-state index contributed by atoms with van der Waals surface area (Å²) < 4.78 is 17.2. The van der Waals surface area contributed by atoms with E-state index in [1.165, 1.54) is 54.6 Å². The van der Waals surface area contributed by atoms with E-state index in [4.69, 9.17) is 14.2 Å². The zero-order valence-electron chi connectivity index (χ0n) is 23.0. The molecule has 0 saturated heterocycles. The Labute approximate surface area is 231 Å². The van der Waals surface area contributed by atoms with E-state index in [-0.39, 0.29) is 50.8 Å². The van der Waals surface area contributed by atoms with E-state index in [2.05, 4.69) is 0 Å². The van der Waals surface area contributed by atoms with Gasteiger partial charge in [-0.25, -0.2) is 4.79 Å². The molecule has 208 valence electrons. The van der Waals surface area contributed by atoms with Crippen molar-refractivity contribution in [2.75, 3.05) is 0 Å². The number of benzene rings is 3. The zero-order valence-corrected chi connectivity index (χ0v) is 23.0. The molecule has 9 heteroatoms. The van der Waals surface area contributed by atoms with E-state index in [9.17, 15) is 29.4 Å². The number of fused-ring (bicyclic) bond motifs is 2. The number of carboxylic acids is 1. The van der Waals surface area contributed by atoms with E-state index < -0.39 is 34.3 Å². The minimum absolute atomic E-state index is 0.0485. The van der Waals surface area contributed by atoms with Crippen molar-refractivity contribution in [3.63, 3.8) is 0 Å². The highest BCUT2D eigenvalue weighted by Gasteiger charge is 2.44. The summed E-state index contributed by atoms with van der Waals surface area (Å²) in [6, 6.07) is 12.7. The monoisotopic (exact) mass is 546 g/mol. The van der Waals surface area contributed by atoms with Crippen LogP contribution in [0.15, 0.2) is 54.6 Å². The summed E-state index contributed by atoms with van der Waals surface area (Å²) in [6.45, 7) is 10.3. The SMILES string of the molecule is CC(C)(C)C(=O)Oc1ccc2c(c1)Oc1cc(OC(=O)C(C)(C)C)ccc1C2(O)c1ccc(C(=O)O)cc1C=O. The quantitative estimate of drug-likeness (QED) is 0.242. The summed E-state index contributed by atoms with van der Waals surface area (Å²) in [5, 5.41) is 21.8. The van der Waals surface area contributed by atoms with Crippen LogP contribution in [-0.4, -0.2) is 34.4 Å². The zero-order chi connectivity index (χ0) is 29.6. The van der Waals surface area contributed by atoms with Crippen LogP contribution in [0.1, 0.15) is 78.9 Å². The van der Waals surface area contributed by atoms with E-state index in [1.54, 1.807) is 41.5 Å². The fourth-order valence-electron chi connectivity index (χ4n) is 4.10. The van der Waals surface area contributed by atoms with E-state index >= 15 is 0 Å². The maximum atomic E-state index is 12.5. The molecular formula is C31H30O9. The molecule has 3 aromatic rings. The van der Waals surface area contributed by atoms with Gasteiger partial charge in [-0.1, -0.05) is 6.07 Å². The summed E-state index contributed by atoms with van der Waals surface area (Å²) >= 11 is 0. The highest BCUT2D eigenvalue weighted by atomic mass is 16.5. The molecule has 9 nitrogen and oxygen atoms in total. The van der Waals surface area contributed by atoms with Crippen molar-refractivity contribution >= 4 is 24.2 Å². The minimum atomic E-state index is -1.99. The Balaban J connectivity index is 1.91. The van der Waals surface area contributed by atoms with Crippen LogP contribution in [0, 0.1) is 10.8 Å². The molecule has 1 aliphatic heterocycles. The average Bonchev–Trinajstić information content (AvgIpc) is 2.86. The van der Waals surface area contributed by atoms with Crippen molar-refractivity contribution in [3.05, 3.63) is 82.4 Å². The number of esters is 2. The van der Waals surface area contributed by atoms with Gasteiger partial charge in [0.05, 0.1) is 16.4 Å². The minimum Gasteiger partial charge on any atom is -0.478 e. The molecule has 0 amide bonds. The van der Waals surface area contributed by atoms with Gasteiger partial charge in [0.25, 0.3) is 0 Å². The molecule has 1 aliphatic rings. The second-order valence-corrected chi connectivity index (χ2v) is 11.6. The molecular weight excluding hydrogens is 516 g/mol. The fraction of sp³-hybridized carbons (Fsp3) is 0.290. The van der Waals surface area contributed by atoms with Gasteiger partial charge in [-0.3, -0.25) is 14.4 Å². The third kappa shape index (κ3) is 5.20. The van der Waals surface area contributed by atoms with Crippen LogP contribution in [0.3, 0.4) is 0 Å². The number of aliphatic hydroxyl groups is 1. The van der Waals surface area contributed by atoms with Crippen LogP contribution in [0.25, 0.3) is 0 Å².